The summed E-state index contributed by atoms with van der Waals surface area (Å²) >= 11 is 0. The molecule has 116 valence electrons. The van der Waals surface area contributed by atoms with E-state index in [1.54, 1.807) is 6.20 Å². The topological polar surface area (TPSA) is 64.7 Å². The number of pyridine rings is 1. The Balaban J connectivity index is 2.15. The Morgan fingerprint density at radius 1 is 0.792 bits per heavy atom. The lowest BCUT2D eigenvalue weighted by Crippen LogP contribution is -2.00. The molecule has 2 N–H and O–H groups in total. The molecule has 0 fully saturated rings. The van der Waals surface area contributed by atoms with Crippen LogP contribution in [-0.4, -0.2) is 15.0 Å². The number of hydrogen-bond donors (Lipinski definition) is 1. The van der Waals surface area contributed by atoms with Crippen molar-refractivity contribution in [3.63, 3.8) is 0 Å². The van der Waals surface area contributed by atoms with Gasteiger partial charge in [-0.15, -0.1) is 0 Å². The number of hydrogen-bond acceptors (Lipinski definition) is 4. The second kappa shape index (κ2) is 5.74. The van der Waals surface area contributed by atoms with Crippen molar-refractivity contribution >= 4 is 16.9 Å². The number of aromatic nitrogens is 3. The molecular formula is C20H16N4. The number of nitrogen functional groups attached to an aromatic ring is 1. The van der Waals surface area contributed by atoms with Crippen LogP contribution in [0.3, 0.4) is 0 Å². The SMILES string of the molecule is Cc1nc2ccccc2c(-c2ccccc2)c1-c1ccnc(N)n1. The van der Waals surface area contributed by atoms with Crippen LogP contribution in [0.2, 0.25) is 0 Å². The molecule has 0 unspecified atom stereocenters. The maximum atomic E-state index is 5.80. The van der Waals surface area contributed by atoms with E-state index in [0.29, 0.717) is 0 Å². The molecule has 0 aliphatic rings. The first-order valence-corrected chi connectivity index (χ1v) is 7.77. The van der Waals surface area contributed by atoms with Crippen LogP contribution in [0.4, 0.5) is 5.95 Å². The molecule has 0 atom stereocenters. The number of nitrogens with two attached hydrogens (primary N) is 1. The Morgan fingerprint density at radius 2 is 1.54 bits per heavy atom. The van der Waals surface area contributed by atoms with Gasteiger partial charge < -0.3 is 5.73 Å². The van der Waals surface area contributed by atoms with E-state index in [-0.39, 0.29) is 5.95 Å². The first-order chi connectivity index (χ1) is 11.7. The lowest BCUT2D eigenvalue weighted by atomic mass is 9.92. The molecule has 2 heterocycles. The Hall–Kier alpha value is -3.27. The summed E-state index contributed by atoms with van der Waals surface area (Å²) in [6.45, 7) is 2.01. The fourth-order valence-corrected chi connectivity index (χ4v) is 3.07. The monoisotopic (exact) mass is 312 g/mol. The molecule has 2 aromatic heterocycles. The molecule has 0 spiro atoms. The third kappa shape index (κ3) is 2.38. The highest BCUT2D eigenvalue weighted by Crippen LogP contribution is 2.38. The summed E-state index contributed by atoms with van der Waals surface area (Å²) in [5.41, 5.74) is 11.7. The third-order valence-electron chi connectivity index (χ3n) is 4.07. The van der Waals surface area contributed by atoms with Gasteiger partial charge in [-0.05, 0) is 24.6 Å². The van der Waals surface area contributed by atoms with E-state index < -0.39 is 0 Å². The maximum absolute atomic E-state index is 5.80. The quantitative estimate of drug-likeness (QED) is 0.601. The zero-order valence-electron chi connectivity index (χ0n) is 13.3. The standard InChI is InChI=1S/C20H16N4/c1-13-18(17-11-12-22-20(21)24-17)19(14-7-3-2-4-8-14)15-9-5-6-10-16(15)23-13/h2-12H,1H3,(H2,21,22,24). The van der Waals surface area contributed by atoms with Crippen LogP contribution in [-0.2, 0) is 0 Å². The predicted octanol–water partition coefficient (Wildman–Crippen LogP) is 4.25. The van der Waals surface area contributed by atoms with Crippen molar-refractivity contribution in [1.29, 1.82) is 0 Å². The number of rotatable bonds is 2. The minimum atomic E-state index is 0.263. The summed E-state index contributed by atoms with van der Waals surface area (Å²) in [5.74, 6) is 0.263. The fraction of sp³-hybridized carbons (Fsp3) is 0.0500. The van der Waals surface area contributed by atoms with Crippen molar-refractivity contribution < 1.29 is 0 Å². The van der Waals surface area contributed by atoms with E-state index in [4.69, 9.17) is 10.7 Å². The van der Waals surface area contributed by atoms with E-state index in [9.17, 15) is 0 Å². The first kappa shape index (κ1) is 14.3. The van der Waals surface area contributed by atoms with Crippen molar-refractivity contribution in [3.8, 4) is 22.4 Å². The van der Waals surface area contributed by atoms with E-state index in [2.05, 4.69) is 28.2 Å². The van der Waals surface area contributed by atoms with Crippen LogP contribution in [0.25, 0.3) is 33.3 Å². The molecule has 0 aliphatic heterocycles. The molecule has 24 heavy (non-hydrogen) atoms. The Bertz CT molecular complexity index is 1030. The second-order valence-corrected chi connectivity index (χ2v) is 5.63. The van der Waals surface area contributed by atoms with Gasteiger partial charge in [0.05, 0.1) is 11.2 Å². The Kier molecular flexibility index (Phi) is 3.43. The van der Waals surface area contributed by atoms with Crippen molar-refractivity contribution in [2.24, 2.45) is 0 Å². The zero-order valence-corrected chi connectivity index (χ0v) is 13.3. The number of para-hydroxylation sites is 1. The largest absolute Gasteiger partial charge is 0.368 e. The number of nitrogens with zero attached hydrogens (tertiary/aromatic N) is 3. The molecule has 4 rings (SSSR count). The minimum Gasteiger partial charge on any atom is -0.368 e. The summed E-state index contributed by atoms with van der Waals surface area (Å²) in [5, 5.41) is 1.10. The van der Waals surface area contributed by atoms with E-state index in [0.717, 1.165) is 39.0 Å². The summed E-state index contributed by atoms with van der Waals surface area (Å²) in [6.07, 6.45) is 1.68. The Labute approximate surface area is 140 Å². The number of benzene rings is 2. The first-order valence-electron chi connectivity index (χ1n) is 7.77. The smallest absolute Gasteiger partial charge is 0.220 e. The van der Waals surface area contributed by atoms with Gasteiger partial charge in [-0.25, -0.2) is 9.97 Å². The Morgan fingerprint density at radius 3 is 2.33 bits per heavy atom. The zero-order chi connectivity index (χ0) is 16.5. The molecular weight excluding hydrogens is 296 g/mol. The molecule has 0 saturated carbocycles. The fourth-order valence-electron chi connectivity index (χ4n) is 3.07. The lowest BCUT2D eigenvalue weighted by Gasteiger charge is -2.15. The van der Waals surface area contributed by atoms with Gasteiger partial charge in [0.25, 0.3) is 0 Å². The van der Waals surface area contributed by atoms with Crippen molar-refractivity contribution in [1.82, 2.24) is 15.0 Å². The highest BCUT2D eigenvalue weighted by atomic mass is 15.0. The molecule has 0 radical (unpaired) electrons. The molecule has 4 nitrogen and oxygen atoms in total. The summed E-state index contributed by atoms with van der Waals surface area (Å²) in [4.78, 5) is 13.2. The maximum Gasteiger partial charge on any atom is 0.220 e. The van der Waals surface area contributed by atoms with Crippen LogP contribution in [0.15, 0.2) is 66.9 Å². The lowest BCUT2D eigenvalue weighted by molar-refractivity contribution is 1.17. The van der Waals surface area contributed by atoms with E-state index in [1.807, 2.05) is 49.4 Å². The summed E-state index contributed by atoms with van der Waals surface area (Å²) < 4.78 is 0. The minimum absolute atomic E-state index is 0.263. The molecule has 0 aliphatic carbocycles. The number of anilines is 1. The third-order valence-corrected chi connectivity index (χ3v) is 4.07. The van der Waals surface area contributed by atoms with Crippen LogP contribution in [0, 0.1) is 6.92 Å². The van der Waals surface area contributed by atoms with Gasteiger partial charge in [0.2, 0.25) is 5.95 Å². The van der Waals surface area contributed by atoms with Gasteiger partial charge in [0.1, 0.15) is 0 Å². The predicted molar refractivity (Wildman–Crippen MR) is 97.4 cm³/mol. The van der Waals surface area contributed by atoms with Crippen LogP contribution >= 0.6 is 0 Å². The summed E-state index contributed by atoms with van der Waals surface area (Å²) in [7, 11) is 0. The highest BCUT2D eigenvalue weighted by molar-refractivity contribution is 6.02. The molecule has 0 amide bonds. The average molecular weight is 312 g/mol. The number of aryl methyl sites for hydroxylation is 1. The molecule has 4 aromatic rings. The molecule has 4 heteroatoms. The molecule has 0 saturated heterocycles. The van der Waals surface area contributed by atoms with Gasteiger partial charge in [-0.2, -0.15) is 0 Å². The summed E-state index contributed by atoms with van der Waals surface area (Å²) in [6, 6.07) is 20.4. The van der Waals surface area contributed by atoms with Crippen molar-refractivity contribution in [2.45, 2.75) is 6.92 Å². The average Bonchev–Trinajstić information content (AvgIpc) is 2.61. The van der Waals surface area contributed by atoms with Crippen LogP contribution in [0.1, 0.15) is 5.69 Å². The van der Waals surface area contributed by atoms with Gasteiger partial charge in [-0.3, -0.25) is 4.98 Å². The van der Waals surface area contributed by atoms with Crippen molar-refractivity contribution in [3.05, 3.63) is 72.6 Å². The highest BCUT2D eigenvalue weighted by Gasteiger charge is 2.17. The van der Waals surface area contributed by atoms with Gasteiger partial charge >= 0.3 is 0 Å². The van der Waals surface area contributed by atoms with Crippen LogP contribution < -0.4 is 5.73 Å². The van der Waals surface area contributed by atoms with E-state index in [1.165, 1.54) is 0 Å². The normalized spacial score (nSPS) is 10.9. The molecule has 2 aromatic carbocycles. The van der Waals surface area contributed by atoms with Gasteiger partial charge in [0, 0.05) is 28.4 Å². The second-order valence-electron chi connectivity index (χ2n) is 5.63. The van der Waals surface area contributed by atoms with Gasteiger partial charge in [0.15, 0.2) is 0 Å². The van der Waals surface area contributed by atoms with E-state index >= 15 is 0 Å². The van der Waals surface area contributed by atoms with Crippen LogP contribution in [0.5, 0.6) is 0 Å². The number of fused-ring (bicyclic) bond motifs is 1. The van der Waals surface area contributed by atoms with Crippen molar-refractivity contribution in [2.75, 3.05) is 5.73 Å². The van der Waals surface area contributed by atoms with Gasteiger partial charge in [-0.1, -0.05) is 48.5 Å². The molecule has 0 bridgehead atoms.